The summed E-state index contributed by atoms with van der Waals surface area (Å²) in [6.45, 7) is 2.11. The first-order chi connectivity index (χ1) is 8.74. The van der Waals surface area contributed by atoms with E-state index in [4.69, 9.17) is 6.42 Å². The molecule has 2 rings (SSSR count). The molecule has 0 N–H and O–H groups in total. The van der Waals surface area contributed by atoms with Crippen molar-refractivity contribution in [2.45, 2.75) is 17.4 Å². The van der Waals surface area contributed by atoms with Gasteiger partial charge in [-0.3, -0.25) is 0 Å². The maximum absolute atomic E-state index is 5.73. The van der Waals surface area contributed by atoms with Crippen LogP contribution in [0.1, 0.15) is 18.1 Å². The summed E-state index contributed by atoms with van der Waals surface area (Å²) < 4.78 is -0.267. The van der Waals surface area contributed by atoms with Crippen LogP contribution in [-0.2, 0) is 10.5 Å². The molecule has 0 saturated heterocycles. The molecular formula is C17H16S. The van der Waals surface area contributed by atoms with Crippen molar-refractivity contribution in [2.24, 2.45) is 0 Å². The van der Waals surface area contributed by atoms with E-state index >= 15 is 0 Å². The van der Waals surface area contributed by atoms with Gasteiger partial charge in [0.15, 0.2) is 0 Å². The van der Waals surface area contributed by atoms with E-state index in [1.165, 1.54) is 11.1 Å². The van der Waals surface area contributed by atoms with E-state index in [1.54, 1.807) is 11.8 Å². The number of thioether (sulfide) groups is 1. The highest BCUT2D eigenvalue weighted by molar-refractivity contribution is 7.99. The smallest absolute Gasteiger partial charge is 0.0986 e. The lowest BCUT2D eigenvalue weighted by Crippen LogP contribution is -2.14. The second-order valence-corrected chi connectivity index (χ2v) is 5.71. The van der Waals surface area contributed by atoms with Gasteiger partial charge in [0.25, 0.3) is 0 Å². The number of terminal acetylenes is 1. The van der Waals surface area contributed by atoms with Crippen LogP contribution in [0.25, 0.3) is 0 Å². The van der Waals surface area contributed by atoms with Crippen molar-refractivity contribution in [3.05, 3.63) is 71.8 Å². The Labute approximate surface area is 113 Å². The molecule has 0 spiro atoms. The monoisotopic (exact) mass is 252 g/mol. The molecule has 0 aliphatic carbocycles. The molecule has 1 heteroatoms. The quantitative estimate of drug-likeness (QED) is 0.724. The Morgan fingerprint density at radius 2 is 1.56 bits per heavy atom. The first kappa shape index (κ1) is 12.8. The molecule has 0 nitrogen and oxygen atoms in total. The van der Waals surface area contributed by atoms with Gasteiger partial charge >= 0.3 is 0 Å². The predicted octanol–water partition coefficient (Wildman–Crippen LogP) is 4.47. The highest BCUT2D eigenvalue weighted by Gasteiger charge is 2.24. The fourth-order valence-corrected chi connectivity index (χ4v) is 2.80. The topological polar surface area (TPSA) is 0 Å². The van der Waals surface area contributed by atoms with Gasteiger partial charge in [0.05, 0.1) is 4.75 Å². The summed E-state index contributed by atoms with van der Waals surface area (Å²) in [5.41, 5.74) is 2.49. The summed E-state index contributed by atoms with van der Waals surface area (Å²) in [5, 5.41) is 0. The van der Waals surface area contributed by atoms with Crippen molar-refractivity contribution in [3.63, 3.8) is 0 Å². The normalized spacial score (nSPS) is 13.6. The van der Waals surface area contributed by atoms with E-state index in [0.717, 1.165) is 5.75 Å². The van der Waals surface area contributed by atoms with Crippen LogP contribution in [0.2, 0.25) is 0 Å². The average molecular weight is 252 g/mol. The molecule has 1 unspecified atom stereocenters. The van der Waals surface area contributed by atoms with Crippen LogP contribution < -0.4 is 0 Å². The Hall–Kier alpha value is -1.65. The maximum atomic E-state index is 5.73. The molecule has 0 aliphatic heterocycles. The van der Waals surface area contributed by atoms with Crippen molar-refractivity contribution >= 4 is 11.8 Å². The number of hydrogen-bond donors (Lipinski definition) is 0. The first-order valence-electron chi connectivity index (χ1n) is 5.96. The van der Waals surface area contributed by atoms with Gasteiger partial charge in [0, 0.05) is 5.75 Å². The number of rotatable bonds is 4. The van der Waals surface area contributed by atoms with Crippen LogP contribution in [0.4, 0.5) is 0 Å². The molecule has 18 heavy (non-hydrogen) atoms. The van der Waals surface area contributed by atoms with Gasteiger partial charge in [0.1, 0.15) is 0 Å². The molecule has 0 aliphatic rings. The van der Waals surface area contributed by atoms with Crippen LogP contribution in [0.5, 0.6) is 0 Å². The van der Waals surface area contributed by atoms with Crippen LogP contribution in [0.15, 0.2) is 60.7 Å². The summed E-state index contributed by atoms with van der Waals surface area (Å²) in [7, 11) is 0. The molecule has 0 amide bonds. The summed E-state index contributed by atoms with van der Waals surface area (Å²) >= 11 is 1.79. The summed E-state index contributed by atoms with van der Waals surface area (Å²) in [4.78, 5) is 0. The first-order valence-corrected chi connectivity index (χ1v) is 6.94. The van der Waals surface area contributed by atoms with Gasteiger partial charge in [0.2, 0.25) is 0 Å². The molecule has 1 atom stereocenters. The number of benzene rings is 2. The Balaban J connectivity index is 2.13. The predicted molar refractivity (Wildman–Crippen MR) is 80.4 cm³/mol. The van der Waals surface area contributed by atoms with E-state index in [1.807, 2.05) is 24.3 Å². The summed E-state index contributed by atoms with van der Waals surface area (Å²) in [6, 6.07) is 20.7. The maximum Gasteiger partial charge on any atom is 0.0986 e. The van der Waals surface area contributed by atoms with Crippen LogP contribution >= 0.6 is 11.8 Å². The van der Waals surface area contributed by atoms with E-state index in [-0.39, 0.29) is 4.75 Å². The lowest BCUT2D eigenvalue weighted by atomic mass is 10.0. The van der Waals surface area contributed by atoms with Crippen molar-refractivity contribution < 1.29 is 0 Å². The minimum absolute atomic E-state index is 0.267. The summed E-state index contributed by atoms with van der Waals surface area (Å²) in [5.74, 6) is 3.85. The Bertz CT molecular complexity index is 525. The van der Waals surface area contributed by atoms with Crippen molar-refractivity contribution in [1.82, 2.24) is 0 Å². The lowest BCUT2D eigenvalue weighted by Gasteiger charge is -2.23. The third-order valence-corrected chi connectivity index (χ3v) is 4.38. The molecule has 0 fully saturated rings. The minimum Gasteiger partial charge on any atom is -0.133 e. The molecule has 0 heterocycles. The van der Waals surface area contributed by atoms with Crippen LogP contribution in [0, 0.1) is 12.3 Å². The van der Waals surface area contributed by atoms with Gasteiger partial charge in [-0.05, 0) is 18.1 Å². The third kappa shape index (κ3) is 2.97. The highest BCUT2D eigenvalue weighted by atomic mass is 32.2. The fraction of sp³-hybridized carbons (Fsp3) is 0.176. The van der Waals surface area contributed by atoms with Crippen LogP contribution in [0.3, 0.4) is 0 Å². The van der Waals surface area contributed by atoms with Crippen molar-refractivity contribution in [3.8, 4) is 12.3 Å². The van der Waals surface area contributed by atoms with Gasteiger partial charge in [-0.1, -0.05) is 66.6 Å². The standard InChI is InChI=1S/C17H16S/c1-3-17(2,16-12-8-5-9-13-16)18-14-15-10-6-4-7-11-15/h1,4-13H,14H2,2H3. The van der Waals surface area contributed by atoms with Crippen LogP contribution in [-0.4, -0.2) is 0 Å². The average Bonchev–Trinajstić information content (AvgIpc) is 2.47. The second kappa shape index (κ2) is 5.80. The molecule has 2 aromatic rings. The van der Waals surface area contributed by atoms with Crippen molar-refractivity contribution in [2.75, 3.05) is 0 Å². The third-order valence-electron chi connectivity index (χ3n) is 2.97. The lowest BCUT2D eigenvalue weighted by molar-refractivity contribution is 0.914. The van der Waals surface area contributed by atoms with E-state index in [0.29, 0.717) is 0 Å². The van der Waals surface area contributed by atoms with Gasteiger partial charge in [-0.2, -0.15) is 0 Å². The van der Waals surface area contributed by atoms with Gasteiger partial charge in [-0.15, -0.1) is 18.2 Å². The molecule has 90 valence electrons. The largest absolute Gasteiger partial charge is 0.133 e. The number of hydrogen-bond acceptors (Lipinski definition) is 1. The highest BCUT2D eigenvalue weighted by Crippen LogP contribution is 2.37. The molecule has 0 bridgehead atoms. The Morgan fingerprint density at radius 1 is 1.00 bits per heavy atom. The zero-order valence-electron chi connectivity index (χ0n) is 10.5. The Kier molecular flexibility index (Phi) is 4.12. The minimum atomic E-state index is -0.267. The second-order valence-electron chi connectivity index (χ2n) is 4.32. The Morgan fingerprint density at radius 3 is 2.11 bits per heavy atom. The van der Waals surface area contributed by atoms with Gasteiger partial charge in [-0.25, -0.2) is 0 Å². The van der Waals surface area contributed by atoms with E-state index in [2.05, 4.69) is 49.2 Å². The van der Waals surface area contributed by atoms with E-state index in [9.17, 15) is 0 Å². The van der Waals surface area contributed by atoms with E-state index < -0.39 is 0 Å². The SMILES string of the molecule is C#CC(C)(SCc1ccccc1)c1ccccc1. The zero-order valence-corrected chi connectivity index (χ0v) is 11.3. The summed E-state index contributed by atoms with van der Waals surface area (Å²) in [6.07, 6.45) is 5.73. The zero-order chi connectivity index (χ0) is 12.8. The molecule has 2 aromatic carbocycles. The fourth-order valence-electron chi connectivity index (χ4n) is 1.77. The molecule has 0 saturated carbocycles. The molecule has 0 radical (unpaired) electrons. The van der Waals surface area contributed by atoms with Crippen molar-refractivity contribution in [1.29, 1.82) is 0 Å². The van der Waals surface area contributed by atoms with Gasteiger partial charge < -0.3 is 0 Å². The molecular weight excluding hydrogens is 236 g/mol. The molecule has 0 aromatic heterocycles.